The fourth-order valence-corrected chi connectivity index (χ4v) is 1.90. The van der Waals surface area contributed by atoms with Gasteiger partial charge in [-0.3, -0.25) is 4.98 Å². The van der Waals surface area contributed by atoms with Crippen LogP contribution in [0.5, 0.6) is 0 Å². The monoisotopic (exact) mass is 272 g/mol. The molecule has 0 saturated carbocycles. The lowest BCUT2D eigenvalue weighted by Gasteiger charge is -2.08. The van der Waals surface area contributed by atoms with Crippen LogP contribution >= 0.6 is 12.2 Å². The molecular formula is C14H16N4S. The molecule has 0 aliphatic carbocycles. The largest absolute Gasteiger partial charge is 0.389 e. The first-order chi connectivity index (χ1) is 9.15. The van der Waals surface area contributed by atoms with Crippen LogP contribution in [0.4, 0.5) is 5.82 Å². The summed E-state index contributed by atoms with van der Waals surface area (Å²) < 4.78 is 0. The van der Waals surface area contributed by atoms with Crippen LogP contribution in [-0.4, -0.2) is 21.5 Å². The summed E-state index contributed by atoms with van der Waals surface area (Å²) in [5, 5.41) is 3.28. The van der Waals surface area contributed by atoms with Crippen LogP contribution in [0, 0.1) is 6.92 Å². The highest BCUT2D eigenvalue weighted by atomic mass is 32.1. The van der Waals surface area contributed by atoms with Crippen molar-refractivity contribution < 1.29 is 0 Å². The van der Waals surface area contributed by atoms with Gasteiger partial charge in [-0.25, -0.2) is 4.98 Å². The Balaban J connectivity index is 1.98. The number of thiocarbonyl (C=S) groups is 1. The minimum Gasteiger partial charge on any atom is -0.389 e. The van der Waals surface area contributed by atoms with Gasteiger partial charge in [0.2, 0.25) is 0 Å². The van der Waals surface area contributed by atoms with E-state index >= 15 is 0 Å². The molecule has 0 bridgehead atoms. The third-order valence-electron chi connectivity index (χ3n) is 2.71. The topological polar surface area (TPSA) is 63.8 Å². The van der Waals surface area contributed by atoms with Crippen molar-refractivity contribution in [3.05, 3.63) is 53.5 Å². The number of aryl methyl sites for hydroxylation is 1. The number of nitrogens with zero attached hydrogens (tertiary/aromatic N) is 2. The molecule has 2 heterocycles. The van der Waals surface area contributed by atoms with E-state index in [1.165, 1.54) is 5.56 Å². The zero-order chi connectivity index (χ0) is 13.7. The van der Waals surface area contributed by atoms with Gasteiger partial charge in [-0.05, 0) is 43.2 Å². The average Bonchev–Trinajstić information content (AvgIpc) is 2.39. The lowest BCUT2D eigenvalue weighted by Crippen LogP contribution is -2.12. The summed E-state index contributed by atoms with van der Waals surface area (Å²) in [7, 11) is 0. The van der Waals surface area contributed by atoms with Crippen LogP contribution in [0.15, 0.2) is 36.7 Å². The van der Waals surface area contributed by atoms with Crippen LogP contribution < -0.4 is 11.1 Å². The fourth-order valence-electron chi connectivity index (χ4n) is 1.79. The van der Waals surface area contributed by atoms with Crippen molar-refractivity contribution in [3.63, 3.8) is 0 Å². The summed E-state index contributed by atoms with van der Waals surface area (Å²) in [6, 6.07) is 7.77. The molecule has 0 aromatic carbocycles. The normalized spacial score (nSPS) is 10.2. The summed E-state index contributed by atoms with van der Waals surface area (Å²) in [6.45, 7) is 2.73. The van der Waals surface area contributed by atoms with E-state index < -0.39 is 0 Å². The third-order valence-corrected chi connectivity index (χ3v) is 2.94. The highest BCUT2D eigenvalue weighted by Crippen LogP contribution is 2.10. The lowest BCUT2D eigenvalue weighted by molar-refractivity contribution is 0.995. The molecular weight excluding hydrogens is 256 g/mol. The molecule has 2 rings (SSSR count). The molecule has 19 heavy (non-hydrogen) atoms. The molecule has 0 amide bonds. The Labute approximate surface area is 118 Å². The van der Waals surface area contributed by atoms with E-state index in [4.69, 9.17) is 18.0 Å². The van der Waals surface area contributed by atoms with E-state index in [1.54, 1.807) is 12.4 Å². The van der Waals surface area contributed by atoms with Crippen LogP contribution in [0.1, 0.15) is 16.8 Å². The number of hydrogen-bond donors (Lipinski definition) is 2. The molecule has 0 atom stereocenters. The average molecular weight is 272 g/mol. The zero-order valence-corrected chi connectivity index (χ0v) is 11.6. The molecule has 2 aromatic heterocycles. The van der Waals surface area contributed by atoms with Gasteiger partial charge < -0.3 is 11.1 Å². The number of anilines is 1. The second-order valence-electron chi connectivity index (χ2n) is 4.28. The van der Waals surface area contributed by atoms with Crippen molar-refractivity contribution in [3.8, 4) is 0 Å². The summed E-state index contributed by atoms with van der Waals surface area (Å²) >= 11 is 4.99. The predicted molar refractivity (Wildman–Crippen MR) is 81.3 cm³/mol. The van der Waals surface area contributed by atoms with Crippen molar-refractivity contribution in [2.24, 2.45) is 5.73 Å². The number of rotatable bonds is 5. The number of pyridine rings is 2. The Bertz CT molecular complexity index is 569. The Morgan fingerprint density at radius 2 is 2.05 bits per heavy atom. The molecule has 4 nitrogen and oxygen atoms in total. The standard InChI is InChI=1S/C14H16N4S/c1-10-8-12(14(15)19)9-13(18-10)17-7-4-11-2-5-16-6-3-11/h2-3,5-6,8-9H,4,7H2,1H3,(H2,15,19)(H,17,18). The van der Waals surface area contributed by atoms with Gasteiger partial charge in [0, 0.05) is 30.2 Å². The van der Waals surface area contributed by atoms with Crippen molar-refractivity contribution in [2.75, 3.05) is 11.9 Å². The minimum absolute atomic E-state index is 0.391. The summed E-state index contributed by atoms with van der Waals surface area (Å²) in [5.41, 5.74) is 8.62. The predicted octanol–water partition coefficient (Wildman–Crippen LogP) is 2.07. The van der Waals surface area contributed by atoms with E-state index in [2.05, 4.69) is 15.3 Å². The molecule has 2 aromatic rings. The van der Waals surface area contributed by atoms with Crippen LogP contribution in [0.25, 0.3) is 0 Å². The highest BCUT2D eigenvalue weighted by molar-refractivity contribution is 7.80. The first-order valence-electron chi connectivity index (χ1n) is 6.06. The quantitative estimate of drug-likeness (QED) is 0.816. The lowest BCUT2D eigenvalue weighted by atomic mass is 10.2. The molecule has 0 saturated heterocycles. The van der Waals surface area contributed by atoms with E-state index in [0.717, 1.165) is 30.0 Å². The molecule has 0 unspecified atom stereocenters. The van der Waals surface area contributed by atoms with E-state index in [1.807, 2.05) is 31.2 Å². The van der Waals surface area contributed by atoms with Crippen molar-refractivity contribution in [1.82, 2.24) is 9.97 Å². The second kappa shape index (κ2) is 6.24. The Hall–Kier alpha value is -2.01. The van der Waals surface area contributed by atoms with Crippen LogP contribution in [-0.2, 0) is 6.42 Å². The molecule has 3 N–H and O–H groups in total. The summed E-state index contributed by atoms with van der Waals surface area (Å²) in [4.78, 5) is 8.79. The first kappa shape index (κ1) is 13.4. The van der Waals surface area contributed by atoms with Crippen LogP contribution in [0.3, 0.4) is 0 Å². The van der Waals surface area contributed by atoms with Gasteiger partial charge in [0.25, 0.3) is 0 Å². The van der Waals surface area contributed by atoms with Crippen molar-refractivity contribution >= 4 is 23.0 Å². The van der Waals surface area contributed by atoms with Crippen molar-refractivity contribution in [1.29, 1.82) is 0 Å². The highest BCUT2D eigenvalue weighted by Gasteiger charge is 2.02. The van der Waals surface area contributed by atoms with Gasteiger partial charge in [-0.1, -0.05) is 12.2 Å². The van der Waals surface area contributed by atoms with E-state index in [-0.39, 0.29) is 0 Å². The fraction of sp³-hybridized carbons (Fsp3) is 0.214. The van der Waals surface area contributed by atoms with Gasteiger partial charge in [-0.15, -0.1) is 0 Å². The number of nitrogens with one attached hydrogen (secondary N) is 1. The summed E-state index contributed by atoms with van der Waals surface area (Å²) in [5.74, 6) is 0.803. The molecule has 0 fully saturated rings. The van der Waals surface area contributed by atoms with Gasteiger partial charge in [0.1, 0.15) is 10.8 Å². The first-order valence-corrected chi connectivity index (χ1v) is 6.47. The summed E-state index contributed by atoms with van der Waals surface area (Å²) in [6.07, 6.45) is 4.51. The van der Waals surface area contributed by atoms with E-state index in [9.17, 15) is 0 Å². The van der Waals surface area contributed by atoms with Gasteiger partial charge >= 0.3 is 0 Å². The number of aromatic nitrogens is 2. The maximum Gasteiger partial charge on any atom is 0.126 e. The van der Waals surface area contributed by atoms with Crippen molar-refractivity contribution in [2.45, 2.75) is 13.3 Å². The Morgan fingerprint density at radius 1 is 1.32 bits per heavy atom. The molecule has 0 aliphatic heterocycles. The maximum atomic E-state index is 5.64. The van der Waals surface area contributed by atoms with Gasteiger partial charge in [-0.2, -0.15) is 0 Å². The SMILES string of the molecule is Cc1cc(C(N)=S)cc(NCCc2ccncc2)n1. The maximum absolute atomic E-state index is 5.64. The zero-order valence-electron chi connectivity index (χ0n) is 10.8. The second-order valence-corrected chi connectivity index (χ2v) is 4.72. The molecule has 0 radical (unpaired) electrons. The minimum atomic E-state index is 0.391. The van der Waals surface area contributed by atoms with Gasteiger partial charge in [0.05, 0.1) is 0 Å². The Morgan fingerprint density at radius 3 is 2.74 bits per heavy atom. The smallest absolute Gasteiger partial charge is 0.126 e. The molecule has 98 valence electrons. The van der Waals surface area contributed by atoms with Crippen LogP contribution in [0.2, 0.25) is 0 Å². The molecule has 0 aliphatic rings. The molecule has 0 spiro atoms. The van der Waals surface area contributed by atoms with Gasteiger partial charge in [0.15, 0.2) is 0 Å². The number of hydrogen-bond acceptors (Lipinski definition) is 4. The third kappa shape index (κ3) is 3.99. The Kier molecular flexibility index (Phi) is 4.41. The van der Waals surface area contributed by atoms with E-state index in [0.29, 0.717) is 4.99 Å². The number of nitrogens with two attached hydrogens (primary N) is 1. The molecule has 5 heteroatoms.